The molecule has 3 rings (SSSR count). The Morgan fingerprint density at radius 1 is 0.966 bits per heavy atom. The smallest absolute Gasteiger partial charge is 0.241 e. The lowest BCUT2D eigenvalue weighted by Crippen LogP contribution is -3.11. The van der Waals surface area contributed by atoms with E-state index in [1.807, 2.05) is 40.9 Å². The molecule has 1 aliphatic heterocycles. The van der Waals surface area contributed by atoms with Crippen LogP contribution in [-0.2, 0) is 10.0 Å². The SMILES string of the molecule is Cc1cc(C)c(S(=O)(=O)NC[C@H](c2ccc(N(C)C)cc2)[NH+]2CCCC2)cc1C. The number of hydrogen-bond donors (Lipinski definition) is 2. The van der Waals surface area contributed by atoms with Gasteiger partial charge in [-0.2, -0.15) is 0 Å². The number of nitrogens with one attached hydrogen (secondary N) is 2. The number of aryl methyl sites for hydroxylation is 3. The van der Waals surface area contributed by atoms with Crippen molar-refractivity contribution in [2.24, 2.45) is 0 Å². The molecule has 1 heterocycles. The maximum Gasteiger partial charge on any atom is 0.241 e. The van der Waals surface area contributed by atoms with Gasteiger partial charge in [-0.05, 0) is 55.7 Å². The molecule has 0 unspecified atom stereocenters. The normalized spacial score (nSPS) is 16.2. The van der Waals surface area contributed by atoms with E-state index in [9.17, 15) is 8.42 Å². The topological polar surface area (TPSA) is 53.9 Å². The molecule has 5 nitrogen and oxygen atoms in total. The van der Waals surface area contributed by atoms with Gasteiger partial charge in [-0.3, -0.25) is 0 Å². The van der Waals surface area contributed by atoms with Crippen molar-refractivity contribution in [1.29, 1.82) is 0 Å². The summed E-state index contributed by atoms with van der Waals surface area (Å²) in [4.78, 5) is 3.92. The highest BCUT2D eigenvalue weighted by molar-refractivity contribution is 7.89. The molecule has 158 valence electrons. The van der Waals surface area contributed by atoms with Crippen LogP contribution < -0.4 is 14.5 Å². The lowest BCUT2D eigenvalue weighted by atomic mass is 10.1. The second-order valence-electron chi connectivity index (χ2n) is 8.46. The summed E-state index contributed by atoms with van der Waals surface area (Å²) in [7, 11) is 0.496. The van der Waals surface area contributed by atoms with Gasteiger partial charge in [0.05, 0.1) is 24.5 Å². The minimum absolute atomic E-state index is 0.121. The van der Waals surface area contributed by atoms with E-state index in [0.29, 0.717) is 11.4 Å². The lowest BCUT2D eigenvalue weighted by Gasteiger charge is -2.26. The molecule has 1 fully saturated rings. The number of rotatable bonds is 7. The molecule has 0 spiro atoms. The molecule has 2 aromatic rings. The van der Waals surface area contributed by atoms with Crippen LogP contribution in [0, 0.1) is 20.8 Å². The highest BCUT2D eigenvalue weighted by Crippen LogP contribution is 2.21. The van der Waals surface area contributed by atoms with Gasteiger partial charge in [-0.15, -0.1) is 0 Å². The van der Waals surface area contributed by atoms with E-state index in [1.165, 1.54) is 23.3 Å². The maximum absolute atomic E-state index is 13.1. The number of benzene rings is 2. The highest BCUT2D eigenvalue weighted by Gasteiger charge is 2.29. The van der Waals surface area contributed by atoms with Crippen molar-refractivity contribution in [3.8, 4) is 0 Å². The van der Waals surface area contributed by atoms with Crippen LogP contribution in [0.3, 0.4) is 0 Å². The Bertz CT molecular complexity index is 947. The fourth-order valence-electron chi connectivity index (χ4n) is 4.17. The fourth-order valence-corrected chi connectivity index (χ4v) is 5.53. The van der Waals surface area contributed by atoms with Crippen LogP contribution in [0.15, 0.2) is 41.3 Å². The van der Waals surface area contributed by atoms with Crippen molar-refractivity contribution in [3.63, 3.8) is 0 Å². The number of sulfonamides is 1. The quantitative estimate of drug-likeness (QED) is 0.729. The van der Waals surface area contributed by atoms with Crippen LogP contribution in [0.2, 0.25) is 0 Å². The Kier molecular flexibility index (Phi) is 6.66. The first-order valence-electron chi connectivity index (χ1n) is 10.4. The van der Waals surface area contributed by atoms with Crippen molar-refractivity contribution < 1.29 is 13.3 Å². The zero-order chi connectivity index (χ0) is 21.2. The summed E-state index contributed by atoms with van der Waals surface area (Å²) in [5.74, 6) is 0. The molecule has 1 atom stereocenters. The summed E-state index contributed by atoms with van der Waals surface area (Å²) in [6.45, 7) is 8.41. The maximum atomic E-state index is 13.1. The number of hydrogen-bond acceptors (Lipinski definition) is 3. The van der Waals surface area contributed by atoms with E-state index >= 15 is 0 Å². The molecule has 0 radical (unpaired) electrons. The molecular formula is C23H34N3O2S+. The second-order valence-corrected chi connectivity index (χ2v) is 10.2. The van der Waals surface area contributed by atoms with E-state index in [2.05, 4.69) is 33.9 Å². The molecule has 0 aromatic heterocycles. The Labute approximate surface area is 175 Å². The fraction of sp³-hybridized carbons (Fsp3) is 0.478. The number of likely N-dealkylation sites (tertiary alicyclic amines) is 1. The second kappa shape index (κ2) is 8.86. The van der Waals surface area contributed by atoms with Gasteiger partial charge >= 0.3 is 0 Å². The van der Waals surface area contributed by atoms with Gasteiger partial charge in [0.15, 0.2) is 0 Å². The first-order chi connectivity index (χ1) is 13.7. The van der Waals surface area contributed by atoms with Gasteiger partial charge in [0, 0.05) is 38.2 Å². The third kappa shape index (κ3) is 5.00. The standard InChI is InChI=1S/C23H33N3O2S/c1-17-14-19(3)23(15-18(17)2)29(27,28)24-16-22(26-12-6-7-13-26)20-8-10-21(11-9-20)25(4)5/h8-11,14-15,22,24H,6-7,12-13,16H2,1-5H3/p+1/t22-/m1/s1. The van der Waals surface area contributed by atoms with E-state index in [0.717, 1.165) is 35.5 Å². The van der Waals surface area contributed by atoms with Crippen molar-refractivity contribution in [2.45, 2.75) is 44.6 Å². The third-order valence-electron chi connectivity index (χ3n) is 6.11. The minimum atomic E-state index is -3.56. The van der Waals surface area contributed by atoms with Crippen molar-refractivity contribution in [3.05, 3.63) is 58.7 Å². The summed E-state index contributed by atoms with van der Waals surface area (Å²) in [6.07, 6.45) is 2.40. The van der Waals surface area contributed by atoms with Crippen LogP contribution >= 0.6 is 0 Å². The monoisotopic (exact) mass is 416 g/mol. The molecule has 1 aliphatic rings. The molecule has 1 saturated heterocycles. The Morgan fingerprint density at radius 3 is 2.14 bits per heavy atom. The van der Waals surface area contributed by atoms with Gasteiger partial charge in [-0.25, -0.2) is 13.1 Å². The summed E-state index contributed by atoms with van der Waals surface area (Å²) < 4.78 is 29.1. The van der Waals surface area contributed by atoms with Crippen LogP contribution in [0.4, 0.5) is 5.69 Å². The van der Waals surface area contributed by atoms with Crippen molar-refractivity contribution in [1.82, 2.24) is 4.72 Å². The zero-order valence-corrected chi connectivity index (χ0v) is 19.1. The van der Waals surface area contributed by atoms with Gasteiger partial charge in [0.2, 0.25) is 10.0 Å². The summed E-state index contributed by atoms with van der Waals surface area (Å²) in [5, 5.41) is 0. The number of anilines is 1. The van der Waals surface area contributed by atoms with Crippen LogP contribution in [0.1, 0.15) is 41.1 Å². The van der Waals surface area contributed by atoms with E-state index in [1.54, 1.807) is 6.07 Å². The molecule has 6 heteroatoms. The van der Waals surface area contributed by atoms with Crippen molar-refractivity contribution >= 4 is 15.7 Å². The van der Waals surface area contributed by atoms with Crippen LogP contribution in [0.25, 0.3) is 0 Å². The molecule has 29 heavy (non-hydrogen) atoms. The Hall–Kier alpha value is -1.89. The average Bonchev–Trinajstić information content (AvgIpc) is 3.19. The number of quaternary nitrogens is 1. The van der Waals surface area contributed by atoms with Gasteiger partial charge in [0.25, 0.3) is 0 Å². The molecule has 2 N–H and O–H groups in total. The van der Waals surface area contributed by atoms with Gasteiger partial charge in [-0.1, -0.05) is 18.2 Å². The first kappa shape index (κ1) is 21.8. The largest absolute Gasteiger partial charge is 0.378 e. The van der Waals surface area contributed by atoms with Crippen LogP contribution in [-0.4, -0.2) is 42.1 Å². The first-order valence-corrected chi connectivity index (χ1v) is 11.9. The predicted molar refractivity (Wildman–Crippen MR) is 119 cm³/mol. The summed E-state index contributed by atoms with van der Waals surface area (Å²) in [5.41, 5.74) is 5.24. The Morgan fingerprint density at radius 2 is 1.55 bits per heavy atom. The molecule has 0 saturated carbocycles. The average molecular weight is 417 g/mol. The van der Waals surface area contributed by atoms with Gasteiger partial charge < -0.3 is 9.80 Å². The lowest BCUT2D eigenvalue weighted by molar-refractivity contribution is -0.918. The van der Waals surface area contributed by atoms with E-state index in [-0.39, 0.29) is 6.04 Å². The molecule has 0 bridgehead atoms. The summed E-state index contributed by atoms with van der Waals surface area (Å²) in [6, 6.07) is 12.4. The molecular weight excluding hydrogens is 382 g/mol. The molecule has 2 aromatic carbocycles. The zero-order valence-electron chi connectivity index (χ0n) is 18.2. The predicted octanol–water partition coefficient (Wildman–Crippen LogP) is 2.38. The van der Waals surface area contributed by atoms with E-state index < -0.39 is 10.0 Å². The highest BCUT2D eigenvalue weighted by atomic mass is 32.2. The molecule has 0 aliphatic carbocycles. The van der Waals surface area contributed by atoms with Crippen molar-refractivity contribution in [2.75, 3.05) is 38.6 Å². The Balaban J connectivity index is 1.84. The molecule has 0 amide bonds. The van der Waals surface area contributed by atoms with E-state index in [4.69, 9.17) is 0 Å². The third-order valence-corrected chi connectivity index (χ3v) is 7.67. The van der Waals surface area contributed by atoms with Crippen LogP contribution in [0.5, 0.6) is 0 Å². The minimum Gasteiger partial charge on any atom is -0.378 e. The summed E-state index contributed by atoms with van der Waals surface area (Å²) >= 11 is 0. The number of nitrogens with zero attached hydrogens (tertiary/aromatic N) is 1. The van der Waals surface area contributed by atoms with Gasteiger partial charge in [0.1, 0.15) is 6.04 Å².